The molecule has 4 rings (SSSR count). The fraction of sp³-hybridized carbons (Fsp3) is 0.235. The molecule has 23 heavy (non-hydrogen) atoms. The van der Waals surface area contributed by atoms with Crippen molar-refractivity contribution < 1.29 is 19.2 Å². The van der Waals surface area contributed by atoms with Crippen molar-refractivity contribution in [2.45, 2.75) is 24.4 Å². The molecule has 0 radical (unpaired) electrons. The van der Waals surface area contributed by atoms with Crippen LogP contribution in [0.1, 0.15) is 22.0 Å². The molecule has 2 aromatic rings. The summed E-state index contributed by atoms with van der Waals surface area (Å²) in [5, 5.41) is 10.6. The predicted octanol–water partition coefficient (Wildman–Crippen LogP) is 2.69. The van der Waals surface area contributed by atoms with Crippen LogP contribution in [0, 0.1) is 10.1 Å². The molecule has 0 spiro atoms. The number of non-ortho nitro benzene ring substituents is 1. The van der Waals surface area contributed by atoms with Crippen molar-refractivity contribution in [2.75, 3.05) is 0 Å². The van der Waals surface area contributed by atoms with Crippen LogP contribution < -0.4 is 0 Å². The van der Waals surface area contributed by atoms with Crippen LogP contribution in [0.5, 0.6) is 0 Å². The van der Waals surface area contributed by atoms with Gasteiger partial charge in [-0.3, -0.25) is 14.9 Å². The van der Waals surface area contributed by atoms with Crippen LogP contribution in [-0.2, 0) is 9.47 Å². The van der Waals surface area contributed by atoms with Gasteiger partial charge >= 0.3 is 0 Å². The van der Waals surface area contributed by atoms with E-state index in [2.05, 4.69) is 0 Å². The Bertz CT molecular complexity index is 758. The highest BCUT2D eigenvalue weighted by atomic mass is 16.7. The van der Waals surface area contributed by atoms with Gasteiger partial charge in [0, 0.05) is 17.7 Å². The summed E-state index contributed by atoms with van der Waals surface area (Å²) in [7, 11) is 0. The second-order valence-electron chi connectivity index (χ2n) is 5.62. The Balaban J connectivity index is 1.39. The number of benzene rings is 2. The number of ether oxygens (including phenoxy) is 2. The zero-order valence-electron chi connectivity index (χ0n) is 12.0. The predicted molar refractivity (Wildman–Crippen MR) is 80.1 cm³/mol. The van der Waals surface area contributed by atoms with Crippen LogP contribution in [-0.4, -0.2) is 29.0 Å². The van der Waals surface area contributed by atoms with Gasteiger partial charge in [-0.2, -0.15) is 0 Å². The first kappa shape index (κ1) is 14.0. The first-order valence-electron chi connectivity index (χ1n) is 7.30. The topological polar surface area (TPSA) is 85.3 Å². The molecule has 0 N–H and O–H groups in total. The van der Waals surface area contributed by atoms with Gasteiger partial charge in [-0.1, -0.05) is 30.3 Å². The highest BCUT2D eigenvalue weighted by molar-refractivity contribution is 6.01. The number of ketones is 1. The lowest BCUT2D eigenvalue weighted by molar-refractivity contribution is -0.384. The van der Waals surface area contributed by atoms with Crippen LogP contribution in [0.4, 0.5) is 5.69 Å². The largest absolute Gasteiger partial charge is 0.362 e. The zero-order valence-corrected chi connectivity index (χ0v) is 12.0. The fourth-order valence-electron chi connectivity index (χ4n) is 2.78. The molecule has 4 unspecified atom stereocenters. The van der Waals surface area contributed by atoms with E-state index >= 15 is 0 Å². The Kier molecular flexibility index (Phi) is 3.21. The molecule has 0 aromatic heterocycles. The van der Waals surface area contributed by atoms with Gasteiger partial charge in [0.2, 0.25) is 0 Å². The highest BCUT2D eigenvalue weighted by Crippen LogP contribution is 2.48. The average molecular weight is 311 g/mol. The minimum Gasteiger partial charge on any atom is -0.362 e. The van der Waals surface area contributed by atoms with Crippen LogP contribution >= 0.6 is 0 Å². The zero-order chi connectivity index (χ0) is 16.0. The number of rotatable bonds is 5. The molecule has 6 nitrogen and oxygen atoms in total. The number of nitro benzene ring substituents is 1. The SMILES string of the molecule is O=C(c1ccccc1)C1OC1C1OC1c1ccc([N+](=O)[O-])cc1. The van der Waals surface area contributed by atoms with E-state index in [1.54, 1.807) is 24.3 Å². The Morgan fingerprint density at radius 2 is 1.65 bits per heavy atom. The third-order valence-corrected chi connectivity index (χ3v) is 4.12. The van der Waals surface area contributed by atoms with E-state index in [1.807, 2.05) is 18.2 Å². The minimum atomic E-state index is -0.453. The van der Waals surface area contributed by atoms with Crippen molar-refractivity contribution in [3.63, 3.8) is 0 Å². The summed E-state index contributed by atoms with van der Waals surface area (Å²) in [5.74, 6) is -0.0338. The Morgan fingerprint density at radius 1 is 0.957 bits per heavy atom. The van der Waals surface area contributed by atoms with Crippen molar-refractivity contribution >= 4 is 11.5 Å². The molecule has 0 saturated carbocycles. The van der Waals surface area contributed by atoms with E-state index in [0.717, 1.165) is 5.56 Å². The highest BCUT2D eigenvalue weighted by Gasteiger charge is 2.60. The van der Waals surface area contributed by atoms with Crippen molar-refractivity contribution in [3.05, 3.63) is 75.8 Å². The number of nitro groups is 1. The van der Waals surface area contributed by atoms with Crippen molar-refractivity contribution in [3.8, 4) is 0 Å². The summed E-state index contributed by atoms with van der Waals surface area (Å²) < 4.78 is 11.1. The lowest BCUT2D eigenvalue weighted by Crippen LogP contribution is -2.13. The van der Waals surface area contributed by atoms with E-state index in [-0.39, 0.29) is 29.8 Å². The summed E-state index contributed by atoms with van der Waals surface area (Å²) in [6.45, 7) is 0. The van der Waals surface area contributed by atoms with E-state index in [9.17, 15) is 14.9 Å². The average Bonchev–Trinajstić information content (AvgIpc) is 3.47. The number of hydrogen-bond donors (Lipinski definition) is 0. The van der Waals surface area contributed by atoms with Crippen LogP contribution in [0.3, 0.4) is 0 Å². The summed E-state index contributed by atoms with van der Waals surface area (Å²) in [6.07, 6.45) is -1.00. The molecule has 2 fully saturated rings. The lowest BCUT2D eigenvalue weighted by atomic mass is 10.0. The van der Waals surface area contributed by atoms with Gasteiger partial charge in [0.1, 0.15) is 24.4 Å². The van der Waals surface area contributed by atoms with Crippen molar-refractivity contribution in [1.82, 2.24) is 0 Å². The number of hydrogen-bond acceptors (Lipinski definition) is 5. The Labute approximate surface area is 131 Å². The first-order valence-corrected chi connectivity index (χ1v) is 7.30. The molecule has 2 aromatic carbocycles. The van der Waals surface area contributed by atoms with Gasteiger partial charge in [0.15, 0.2) is 5.78 Å². The molecule has 0 bridgehead atoms. The second kappa shape index (κ2) is 5.26. The minimum absolute atomic E-state index is 0.0338. The van der Waals surface area contributed by atoms with Crippen molar-refractivity contribution in [1.29, 1.82) is 0 Å². The number of carbonyl (C=O) groups is 1. The van der Waals surface area contributed by atoms with Gasteiger partial charge in [-0.15, -0.1) is 0 Å². The van der Waals surface area contributed by atoms with Crippen LogP contribution in [0.15, 0.2) is 54.6 Å². The van der Waals surface area contributed by atoms with E-state index < -0.39 is 11.0 Å². The van der Waals surface area contributed by atoms with Crippen LogP contribution in [0.2, 0.25) is 0 Å². The smallest absolute Gasteiger partial charge is 0.269 e. The molecular weight excluding hydrogens is 298 g/mol. The lowest BCUT2D eigenvalue weighted by Gasteiger charge is -1.96. The van der Waals surface area contributed by atoms with Gasteiger partial charge in [0.25, 0.3) is 5.69 Å². The molecule has 2 aliphatic heterocycles. The maximum Gasteiger partial charge on any atom is 0.269 e. The first-order chi connectivity index (χ1) is 11.1. The van der Waals surface area contributed by atoms with Gasteiger partial charge in [-0.25, -0.2) is 0 Å². The summed E-state index contributed by atoms with van der Waals surface area (Å²) in [4.78, 5) is 22.5. The number of carbonyl (C=O) groups excluding carboxylic acids is 1. The molecule has 2 aliphatic rings. The molecule has 0 amide bonds. The van der Waals surface area contributed by atoms with E-state index in [0.29, 0.717) is 5.56 Å². The van der Waals surface area contributed by atoms with E-state index in [4.69, 9.17) is 9.47 Å². The maximum atomic E-state index is 12.3. The fourth-order valence-corrected chi connectivity index (χ4v) is 2.78. The van der Waals surface area contributed by atoms with Crippen molar-refractivity contribution in [2.24, 2.45) is 0 Å². The normalized spacial score (nSPS) is 28.2. The number of epoxide rings is 2. The molecule has 0 aliphatic carbocycles. The quantitative estimate of drug-likeness (QED) is 0.367. The summed E-state index contributed by atoms with van der Waals surface area (Å²) in [5.41, 5.74) is 1.54. The number of nitrogens with zero attached hydrogens (tertiary/aromatic N) is 1. The number of Topliss-reactive ketones (excluding diaryl/α,β-unsaturated/α-hetero) is 1. The standard InChI is InChI=1S/C17H13NO5/c19-13(10-4-2-1-3-5-10)15-17(23-15)16-14(22-16)11-6-8-12(9-7-11)18(20)21/h1-9,14-17H. The third kappa shape index (κ3) is 2.62. The Hall–Kier alpha value is -2.57. The summed E-state index contributed by atoms with van der Waals surface area (Å²) >= 11 is 0. The third-order valence-electron chi connectivity index (χ3n) is 4.12. The van der Waals surface area contributed by atoms with Gasteiger partial charge in [0.05, 0.1) is 4.92 Å². The second-order valence-corrected chi connectivity index (χ2v) is 5.62. The van der Waals surface area contributed by atoms with Gasteiger partial charge in [-0.05, 0) is 17.7 Å². The molecule has 2 saturated heterocycles. The molecular formula is C17H13NO5. The Morgan fingerprint density at radius 3 is 2.30 bits per heavy atom. The van der Waals surface area contributed by atoms with E-state index in [1.165, 1.54) is 12.1 Å². The molecule has 2 heterocycles. The van der Waals surface area contributed by atoms with Crippen LogP contribution in [0.25, 0.3) is 0 Å². The summed E-state index contributed by atoms with van der Waals surface area (Å²) in [6, 6.07) is 15.3. The molecule has 116 valence electrons. The van der Waals surface area contributed by atoms with Gasteiger partial charge < -0.3 is 9.47 Å². The molecule has 4 atom stereocenters. The molecule has 6 heteroatoms. The monoisotopic (exact) mass is 311 g/mol. The maximum absolute atomic E-state index is 12.3.